The average molecular weight is 290 g/mol. The Bertz CT molecular complexity index is 368. The Morgan fingerprint density at radius 2 is 1.63 bits per heavy atom. The molecule has 3 nitrogen and oxygen atoms in total. The molecule has 2 fully saturated rings. The number of rotatable bonds is 0. The van der Waals surface area contributed by atoms with Gasteiger partial charge in [0.1, 0.15) is 5.60 Å². The van der Waals surface area contributed by atoms with E-state index < -0.39 is 35.5 Å². The molecule has 2 N–H and O–H groups in total. The van der Waals surface area contributed by atoms with Crippen molar-refractivity contribution in [1.82, 2.24) is 0 Å². The van der Waals surface area contributed by atoms with Gasteiger partial charge in [0, 0.05) is 5.92 Å². The molecule has 1 aliphatic heterocycles. The summed E-state index contributed by atoms with van der Waals surface area (Å²) in [6.45, 7) is 0.634. The fraction of sp³-hybridized carbons (Fsp3) is 1.00. The molecule has 0 bridgehead atoms. The predicted molar refractivity (Wildman–Crippen MR) is 53.4 cm³/mol. The molecule has 0 amide bonds. The van der Waals surface area contributed by atoms with Crippen LogP contribution in [0.4, 0.5) is 22.0 Å². The number of halogens is 5. The van der Waals surface area contributed by atoms with E-state index in [-0.39, 0.29) is 12.8 Å². The summed E-state index contributed by atoms with van der Waals surface area (Å²) in [7, 11) is 0. The van der Waals surface area contributed by atoms with Crippen molar-refractivity contribution in [2.24, 2.45) is 5.92 Å². The van der Waals surface area contributed by atoms with Gasteiger partial charge in [-0.25, -0.2) is 0 Å². The molecule has 0 spiro atoms. The van der Waals surface area contributed by atoms with Crippen LogP contribution < -0.4 is 0 Å². The summed E-state index contributed by atoms with van der Waals surface area (Å²) in [5.74, 6) is -10.6. The highest BCUT2D eigenvalue weighted by atomic mass is 19.4. The molecular formula is C11H15F5O3. The minimum absolute atomic E-state index is 0.106. The Morgan fingerprint density at radius 1 is 1.11 bits per heavy atom. The normalized spacial score (nSPS) is 46.7. The van der Waals surface area contributed by atoms with Crippen molar-refractivity contribution < 1.29 is 36.9 Å². The first-order valence-corrected chi connectivity index (χ1v) is 6.02. The summed E-state index contributed by atoms with van der Waals surface area (Å²) in [6.07, 6.45) is -5.63. The molecule has 1 heterocycles. The molecule has 2 rings (SSSR count). The van der Waals surface area contributed by atoms with Crippen molar-refractivity contribution in [2.75, 3.05) is 0 Å². The quantitative estimate of drug-likeness (QED) is 0.673. The zero-order valence-electron chi connectivity index (χ0n) is 10.2. The number of aliphatic hydroxyl groups is 2. The average Bonchev–Trinajstić information content (AvgIpc) is 2.26. The van der Waals surface area contributed by atoms with Crippen LogP contribution in [0.3, 0.4) is 0 Å². The summed E-state index contributed by atoms with van der Waals surface area (Å²) in [5, 5.41) is 19.3. The van der Waals surface area contributed by atoms with Gasteiger partial charge in [0.25, 0.3) is 0 Å². The van der Waals surface area contributed by atoms with E-state index in [0.29, 0.717) is 19.8 Å². The monoisotopic (exact) mass is 290 g/mol. The van der Waals surface area contributed by atoms with Gasteiger partial charge in [-0.15, -0.1) is 0 Å². The first-order chi connectivity index (χ1) is 8.45. The van der Waals surface area contributed by atoms with Crippen LogP contribution in [0.2, 0.25) is 0 Å². The molecular weight excluding hydrogens is 275 g/mol. The fourth-order valence-electron chi connectivity index (χ4n) is 2.99. The molecule has 112 valence electrons. The lowest BCUT2D eigenvalue weighted by Gasteiger charge is -2.55. The van der Waals surface area contributed by atoms with Crippen LogP contribution in [0.5, 0.6) is 0 Å². The van der Waals surface area contributed by atoms with Crippen molar-refractivity contribution in [3.8, 4) is 0 Å². The van der Waals surface area contributed by atoms with Gasteiger partial charge in [-0.2, -0.15) is 22.0 Å². The Balaban J connectivity index is 2.49. The van der Waals surface area contributed by atoms with Crippen LogP contribution in [0.15, 0.2) is 0 Å². The fourth-order valence-corrected chi connectivity index (χ4v) is 2.99. The molecule has 1 saturated heterocycles. The highest BCUT2D eigenvalue weighted by Crippen LogP contribution is 2.57. The van der Waals surface area contributed by atoms with Crippen molar-refractivity contribution in [3.05, 3.63) is 0 Å². The van der Waals surface area contributed by atoms with E-state index in [9.17, 15) is 32.2 Å². The lowest BCUT2D eigenvalue weighted by molar-refractivity contribution is -0.493. The van der Waals surface area contributed by atoms with E-state index >= 15 is 0 Å². The van der Waals surface area contributed by atoms with Crippen LogP contribution in [0.1, 0.15) is 32.6 Å². The largest absolute Gasteiger partial charge is 0.449 e. The standard InChI is InChI=1S/C11H15F5O3/c1-8(17)6-4-2-3-5-7(6)19-10(18,9(8,12)13)11(14,15)16/h6-7,17-18H,2-5H2,1H3. The highest BCUT2D eigenvalue weighted by Gasteiger charge is 2.81. The topological polar surface area (TPSA) is 49.7 Å². The maximum absolute atomic E-state index is 14.0. The maximum Gasteiger partial charge on any atom is 0.449 e. The van der Waals surface area contributed by atoms with Crippen molar-refractivity contribution >= 4 is 0 Å². The second kappa shape index (κ2) is 4.02. The number of hydrogen-bond acceptors (Lipinski definition) is 3. The smallest absolute Gasteiger partial charge is 0.383 e. The molecule has 0 aromatic carbocycles. The van der Waals surface area contributed by atoms with Crippen LogP contribution in [-0.2, 0) is 4.74 Å². The van der Waals surface area contributed by atoms with Gasteiger partial charge in [-0.1, -0.05) is 12.8 Å². The van der Waals surface area contributed by atoms with Gasteiger partial charge in [0.2, 0.25) is 0 Å². The molecule has 4 atom stereocenters. The summed E-state index contributed by atoms with van der Waals surface area (Å²) < 4.78 is 70.5. The van der Waals surface area contributed by atoms with Gasteiger partial charge >= 0.3 is 17.9 Å². The SMILES string of the molecule is CC1(O)C2CCCCC2OC(O)(C(F)(F)F)C1(F)F. The summed E-state index contributed by atoms with van der Waals surface area (Å²) in [4.78, 5) is 0. The predicted octanol–water partition coefficient (Wildman–Crippen LogP) is 2.21. The summed E-state index contributed by atoms with van der Waals surface area (Å²) in [6, 6.07) is 0. The first-order valence-electron chi connectivity index (χ1n) is 6.02. The number of fused-ring (bicyclic) bond motifs is 1. The molecule has 0 radical (unpaired) electrons. The minimum Gasteiger partial charge on any atom is -0.383 e. The Kier molecular flexibility index (Phi) is 3.16. The van der Waals surface area contributed by atoms with Crippen molar-refractivity contribution in [1.29, 1.82) is 0 Å². The Morgan fingerprint density at radius 3 is 2.16 bits per heavy atom. The van der Waals surface area contributed by atoms with Crippen LogP contribution >= 0.6 is 0 Å². The van der Waals surface area contributed by atoms with Gasteiger partial charge < -0.3 is 14.9 Å². The lowest BCUT2D eigenvalue weighted by atomic mass is 9.68. The Hall–Kier alpha value is -0.470. The molecule has 1 saturated carbocycles. The van der Waals surface area contributed by atoms with E-state index in [1.807, 2.05) is 0 Å². The van der Waals surface area contributed by atoms with Crippen LogP contribution in [-0.4, -0.2) is 39.8 Å². The van der Waals surface area contributed by atoms with Gasteiger partial charge in [-0.3, -0.25) is 0 Å². The van der Waals surface area contributed by atoms with Crippen LogP contribution in [0.25, 0.3) is 0 Å². The molecule has 4 unspecified atom stereocenters. The minimum atomic E-state index is -5.69. The Labute approximate surface area is 106 Å². The zero-order valence-corrected chi connectivity index (χ0v) is 10.2. The lowest BCUT2D eigenvalue weighted by Crippen LogP contribution is -2.76. The van der Waals surface area contributed by atoms with E-state index in [4.69, 9.17) is 0 Å². The van der Waals surface area contributed by atoms with Gasteiger partial charge in [0.15, 0.2) is 0 Å². The third kappa shape index (κ3) is 1.80. The second-order valence-electron chi connectivity index (χ2n) is 5.41. The number of hydrogen-bond donors (Lipinski definition) is 2. The van der Waals surface area contributed by atoms with Gasteiger partial charge in [-0.05, 0) is 19.8 Å². The first kappa shape index (κ1) is 14.9. The van der Waals surface area contributed by atoms with Crippen LogP contribution in [0, 0.1) is 5.92 Å². The van der Waals surface area contributed by atoms with E-state index in [1.165, 1.54) is 0 Å². The molecule has 1 aliphatic carbocycles. The van der Waals surface area contributed by atoms with E-state index in [0.717, 1.165) is 0 Å². The van der Waals surface area contributed by atoms with Gasteiger partial charge in [0.05, 0.1) is 6.10 Å². The molecule has 19 heavy (non-hydrogen) atoms. The van der Waals surface area contributed by atoms with Crippen molar-refractivity contribution in [3.63, 3.8) is 0 Å². The van der Waals surface area contributed by atoms with E-state index in [1.54, 1.807) is 0 Å². The molecule has 2 aliphatic rings. The summed E-state index contributed by atoms with van der Waals surface area (Å²) >= 11 is 0. The summed E-state index contributed by atoms with van der Waals surface area (Å²) in [5.41, 5.74) is -2.97. The third-order valence-electron chi connectivity index (χ3n) is 4.19. The molecule has 0 aromatic rings. The second-order valence-corrected chi connectivity index (χ2v) is 5.41. The zero-order chi connectivity index (χ0) is 14.7. The maximum atomic E-state index is 14.0. The highest BCUT2D eigenvalue weighted by molar-refractivity contribution is 5.12. The number of ether oxygens (including phenoxy) is 1. The molecule has 0 aromatic heterocycles. The van der Waals surface area contributed by atoms with E-state index in [2.05, 4.69) is 4.74 Å². The number of alkyl halides is 5. The molecule has 8 heteroatoms. The third-order valence-corrected chi connectivity index (χ3v) is 4.19. The van der Waals surface area contributed by atoms with Crippen molar-refractivity contribution in [2.45, 2.75) is 62.2 Å².